The molecule has 82 valence electrons. The van der Waals surface area contributed by atoms with E-state index in [2.05, 4.69) is 33.4 Å². The van der Waals surface area contributed by atoms with Gasteiger partial charge in [-0.05, 0) is 25.3 Å². The van der Waals surface area contributed by atoms with Crippen LogP contribution in [0.3, 0.4) is 0 Å². The summed E-state index contributed by atoms with van der Waals surface area (Å²) in [5.74, 6) is 2.10. The molecule has 2 atom stereocenters. The van der Waals surface area contributed by atoms with Crippen molar-refractivity contribution in [1.82, 2.24) is 0 Å². The third-order valence-electron chi connectivity index (χ3n) is 2.38. The smallest absolute Gasteiger partial charge is 0.0195 e. The van der Waals surface area contributed by atoms with Gasteiger partial charge in [0, 0.05) is 0 Å². The first kappa shape index (κ1) is 15.4. The van der Waals surface area contributed by atoms with Crippen molar-refractivity contribution in [1.29, 1.82) is 0 Å². The second-order valence-corrected chi connectivity index (χ2v) is 3.90. The predicted molar refractivity (Wildman–Crippen MR) is 62.9 cm³/mol. The first-order valence-corrected chi connectivity index (χ1v) is 5.82. The molecule has 1 aliphatic rings. The molecule has 0 amide bonds. The van der Waals surface area contributed by atoms with Crippen molar-refractivity contribution >= 4 is 0 Å². The van der Waals surface area contributed by atoms with Crippen LogP contribution in [0.15, 0.2) is 0 Å². The van der Waals surface area contributed by atoms with Gasteiger partial charge in [-0.2, -0.15) is 0 Å². The van der Waals surface area contributed by atoms with Crippen LogP contribution in [0.1, 0.15) is 59.8 Å². The van der Waals surface area contributed by atoms with Crippen molar-refractivity contribution in [2.45, 2.75) is 59.8 Å². The average molecular weight is 187 g/mol. The van der Waals surface area contributed by atoms with Gasteiger partial charge in [0.2, 0.25) is 0 Å². The minimum atomic E-state index is 1.03. The molecule has 0 aromatic heterocycles. The summed E-state index contributed by atoms with van der Waals surface area (Å²) < 4.78 is 0. The van der Waals surface area contributed by atoms with Gasteiger partial charge in [-0.1, -0.05) is 53.4 Å². The molecule has 1 saturated carbocycles. The Morgan fingerprint density at radius 1 is 1.08 bits per heavy atom. The maximum absolute atomic E-state index is 4.50. The largest absolute Gasteiger partial charge is 0.333 e. The molecule has 0 aromatic carbocycles. The van der Waals surface area contributed by atoms with E-state index in [9.17, 15) is 0 Å². The third kappa shape index (κ3) is 9.88. The van der Waals surface area contributed by atoms with Crippen LogP contribution in [0.25, 0.3) is 0 Å². The van der Waals surface area contributed by atoms with Crippen LogP contribution in [0.5, 0.6) is 0 Å². The molecule has 1 heteroatoms. The summed E-state index contributed by atoms with van der Waals surface area (Å²) in [6, 6.07) is 0. The van der Waals surface area contributed by atoms with E-state index in [1.165, 1.54) is 39.2 Å². The lowest BCUT2D eigenvalue weighted by atomic mass is 10.0. The SMILES string of the molecule is CCC.CCC1CCC(C)C1.CN. The molecular formula is C12H29N. The molecule has 0 heterocycles. The maximum atomic E-state index is 4.50. The summed E-state index contributed by atoms with van der Waals surface area (Å²) >= 11 is 0. The highest BCUT2D eigenvalue weighted by atomic mass is 14.4. The predicted octanol–water partition coefficient (Wildman–Crippen LogP) is 3.82. The van der Waals surface area contributed by atoms with Crippen molar-refractivity contribution in [3.63, 3.8) is 0 Å². The summed E-state index contributed by atoms with van der Waals surface area (Å²) in [5.41, 5.74) is 4.50. The molecule has 0 aliphatic heterocycles. The number of hydrogen-bond acceptors (Lipinski definition) is 1. The Labute approximate surface area is 85.1 Å². The molecule has 13 heavy (non-hydrogen) atoms. The highest BCUT2D eigenvalue weighted by Gasteiger charge is 2.18. The Hall–Kier alpha value is -0.0400. The van der Waals surface area contributed by atoms with E-state index in [0.717, 1.165) is 11.8 Å². The Kier molecular flexibility index (Phi) is 14.2. The summed E-state index contributed by atoms with van der Waals surface area (Å²) in [6.07, 6.45) is 7.14. The molecule has 2 N–H and O–H groups in total. The summed E-state index contributed by atoms with van der Waals surface area (Å²) in [4.78, 5) is 0. The first-order chi connectivity index (χ1) is 6.24. The zero-order valence-electron chi connectivity index (χ0n) is 10.3. The Morgan fingerprint density at radius 2 is 1.54 bits per heavy atom. The second-order valence-electron chi connectivity index (χ2n) is 3.90. The lowest BCUT2D eigenvalue weighted by Crippen LogP contribution is -1.89. The molecule has 2 unspecified atom stereocenters. The summed E-state index contributed by atoms with van der Waals surface area (Å²) in [5, 5.41) is 0. The van der Waals surface area contributed by atoms with E-state index in [0.29, 0.717) is 0 Å². The lowest BCUT2D eigenvalue weighted by Gasteiger charge is -2.02. The highest BCUT2D eigenvalue weighted by molar-refractivity contribution is 4.70. The molecular weight excluding hydrogens is 158 g/mol. The first-order valence-electron chi connectivity index (χ1n) is 5.82. The molecule has 0 spiro atoms. The summed E-state index contributed by atoms with van der Waals surface area (Å²) in [6.45, 7) is 8.93. The van der Waals surface area contributed by atoms with E-state index in [1.807, 2.05) is 0 Å². The van der Waals surface area contributed by atoms with Crippen LogP contribution in [-0.2, 0) is 0 Å². The number of nitrogens with two attached hydrogens (primary N) is 1. The average Bonchev–Trinajstić information content (AvgIpc) is 2.56. The molecule has 0 radical (unpaired) electrons. The van der Waals surface area contributed by atoms with E-state index in [1.54, 1.807) is 0 Å². The summed E-state index contributed by atoms with van der Waals surface area (Å²) in [7, 11) is 1.50. The van der Waals surface area contributed by atoms with E-state index >= 15 is 0 Å². The number of hydrogen-bond donors (Lipinski definition) is 1. The van der Waals surface area contributed by atoms with Gasteiger partial charge in [-0.15, -0.1) is 0 Å². The standard InChI is InChI=1S/C8H16.C3H8.CH5N/c1-3-8-5-4-7(2)6-8;1-3-2;1-2/h7-8H,3-6H2,1-2H3;3H2,1-2H3;2H2,1H3. The fraction of sp³-hybridized carbons (Fsp3) is 1.00. The fourth-order valence-corrected chi connectivity index (χ4v) is 1.70. The van der Waals surface area contributed by atoms with Gasteiger partial charge in [0.1, 0.15) is 0 Å². The lowest BCUT2D eigenvalue weighted by molar-refractivity contribution is 0.501. The molecule has 1 fully saturated rings. The van der Waals surface area contributed by atoms with Crippen LogP contribution >= 0.6 is 0 Å². The maximum Gasteiger partial charge on any atom is -0.0195 e. The normalized spacial score (nSPS) is 25.4. The third-order valence-corrected chi connectivity index (χ3v) is 2.38. The van der Waals surface area contributed by atoms with Crippen molar-refractivity contribution in [3.05, 3.63) is 0 Å². The Morgan fingerprint density at radius 3 is 1.69 bits per heavy atom. The van der Waals surface area contributed by atoms with Crippen molar-refractivity contribution in [2.75, 3.05) is 7.05 Å². The van der Waals surface area contributed by atoms with Gasteiger partial charge in [-0.3, -0.25) is 0 Å². The zero-order chi connectivity index (χ0) is 10.7. The van der Waals surface area contributed by atoms with Gasteiger partial charge in [0.15, 0.2) is 0 Å². The van der Waals surface area contributed by atoms with Crippen LogP contribution < -0.4 is 5.73 Å². The fourth-order valence-electron chi connectivity index (χ4n) is 1.70. The topological polar surface area (TPSA) is 26.0 Å². The second kappa shape index (κ2) is 12.0. The molecule has 0 bridgehead atoms. The van der Waals surface area contributed by atoms with Gasteiger partial charge in [0.05, 0.1) is 0 Å². The molecule has 1 nitrogen and oxygen atoms in total. The Balaban J connectivity index is 0. The van der Waals surface area contributed by atoms with Crippen molar-refractivity contribution in [3.8, 4) is 0 Å². The van der Waals surface area contributed by atoms with Crippen LogP contribution in [0.4, 0.5) is 0 Å². The van der Waals surface area contributed by atoms with Gasteiger partial charge in [0.25, 0.3) is 0 Å². The van der Waals surface area contributed by atoms with Crippen LogP contribution in [-0.4, -0.2) is 7.05 Å². The molecule has 1 rings (SSSR count). The van der Waals surface area contributed by atoms with Gasteiger partial charge in [-0.25, -0.2) is 0 Å². The number of rotatable bonds is 1. The van der Waals surface area contributed by atoms with E-state index in [4.69, 9.17) is 0 Å². The Bertz CT molecular complexity index is 81.2. The van der Waals surface area contributed by atoms with Crippen molar-refractivity contribution < 1.29 is 0 Å². The monoisotopic (exact) mass is 187 g/mol. The van der Waals surface area contributed by atoms with E-state index < -0.39 is 0 Å². The quantitative estimate of drug-likeness (QED) is 0.663. The van der Waals surface area contributed by atoms with Crippen LogP contribution in [0.2, 0.25) is 0 Å². The molecule has 0 aromatic rings. The molecule has 1 aliphatic carbocycles. The zero-order valence-corrected chi connectivity index (χ0v) is 10.3. The van der Waals surface area contributed by atoms with Crippen molar-refractivity contribution in [2.24, 2.45) is 17.6 Å². The van der Waals surface area contributed by atoms with E-state index in [-0.39, 0.29) is 0 Å². The highest BCUT2D eigenvalue weighted by Crippen LogP contribution is 2.31. The van der Waals surface area contributed by atoms with Crippen LogP contribution in [0, 0.1) is 11.8 Å². The minimum Gasteiger partial charge on any atom is -0.333 e. The van der Waals surface area contributed by atoms with Gasteiger partial charge < -0.3 is 5.73 Å². The minimum absolute atomic E-state index is 1.03. The van der Waals surface area contributed by atoms with Gasteiger partial charge >= 0.3 is 0 Å². The molecule has 0 saturated heterocycles.